The second kappa shape index (κ2) is 7.65. The van der Waals surface area contributed by atoms with Crippen LogP contribution in [0.15, 0.2) is 29.2 Å². The summed E-state index contributed by atoms with van der Waals surface area (Å²) in [5, 5.41) is 11.3. The summed E-state index contributed by atoms with van der Waals surface area (Å²) >= 11 is 0. The topological polar surface area (TPSA) is 66.4 Å². The van der Waals surface area contributed by atoms with E-state index in [1.807, 2.05) is 0 Å². The minimum Gasteiger partial charge on any atom is -0.396 e. The number of halogens is 3. The molecule has 0 spiro atoms. The first-order chi connectivity index (χ1) is 9.80. The molecule has 21 heavy (non-hydrogen) atoms. The highest BCUT2D eigenvalue weighted by molar-refractivity contribution is 7.92. The highest BCUT2D eigenvalue weighted by Crippen LogP contribution is 2.34. The third-order valence-corrected chi connectivity index (χ3v) is 4.43. The number of aliphatic hydroxyl groups is 1. The van der Waals surface area contributed by atoms with Gasteiger partial charge in [0.05, 0.1) is 10.6 Å². The summed E-state index contributed by atoms with van der Waals surface area (Å²) < 4.78 is 60.7. The summed E-state index contributed by atoms with van der Waals surface area (Å²) in [6.45, 7) is 0.482. The molecule has 4 nitrogen and oxygen atoms in total. The van der Waals surface area contributed by atoms with Crippen molar-refractivity contribution in [3.05, 3.63) is 24.3 Å². The van der Waals surface area contributed by atoms with E-state index in [1.165, 1.54) is 18.2 Å². The van der Waals surface area contributed by atoms with Gasteiger partial charge in [0.1, 0.15) is 0 Å². The molecule has 0 aromatic heterocycles. The zero-order valence-electron chi connectivity index (χ0n) is 11.4. The number of benzene rings is 1. The molecule has 1 rings (SSSR count). The van der Waals surface area contributed by atoms with Crippen LogP contribution in [0.5, 0.6) is 0 Å². The lowest BCUT2D eigenvalue weighted by molar-refractivity contribution is -0.0435. The van der Waals surface area contributed by atoms with Crippen molar-refractivity contribution in [2.75, 3.05) is 18.5 Å². The third-order valence-electron chi connectivity index (χ3n) is 2.88. The first-order valence-electron chi connectivity index (χ1n) is 6.56. The van der Waals surface area contributed by atoms with Gasteiger partial charge in [-0.2, -0.15) is 13.2 Å². The number of rotatable bonds is 8. The number of sulfone groups is 1. The molecule has 0 unspecified atom stereocenters. The molecule has 0 saturated heterocycles. The quantitative estimate of drug-likeness (QED) is 0.721. The second-order valence-corrected chi connectivity index (χ2v) is 6.42. The maximum absolute atomic E-state index is 12.6. The molecule has 0 bridgehead atoms. The summed E-state index contributed by atoms with van der Waals surface area (Å²) in [4.78, 5) is -0.757. The predicted molar refractivity (Wildman–Crippen MR) is 73.7 cm³/mol. The van der Waals surface area contributed by atoms with Crippen LogP contribution in [-0.4, -0.2) is 32.2 Å². The molecule has 1 aromatic rings. The van der Waals surface area contributed by atoms with E-state index in [0.29, 0.717) is 19.4 Å². The maximum atomic E-state index is 12.6. The van der Waals surface area contributed by atoms with E-state index in [1.54, 1.807) is 0 Å². The standard InChI is InChI=1S/C13H18F3NO3S/c14-13(15,16)21(19,20)12-8-4-3-7-11(12)17-9-5-1-2-6-10-18/h3-4,7-8,17-18H,1-2,5-6,9-10H2. The Morgan fingerprint density at radius 1 is 1.05 bits per heavy atom. The Balaban J connectivity index is 2.73. The monoisotopic (exact) mass is 325 g/mol. The smallest absolute Gasteiger partial charge is 0.396 e. The molecule has 2 N–H and O–H groups in total. The molecule has 1 aromatic carbocycles. The van der Waals surface area contributed by atoms with Crippen molar-refractivity contribution in [2.45, 2.75) is 36.1 Å². The zero-order valence-corrected chi connectivity index (χ0v) is 12.2. The number of hydrogen-bond donors (Lipinski definition) is 2. The van der Waals surface area contributed by atoms with E-state index in [0.717, 1.165) is 18.9 Å². The second-order valence-electron chi connectivity index (χ2n) is 4.51. The normalized spacial score (nSPS) is 12.4. The highest BCUT2D eigenvalue weighted by atomic mass is 32.2. The van der Waals surface area contributed by atoms with Gasteiger partial charge >= 0.3 is 5.51 Å². The van der Waals surface area contributed by atoms with Crippen LogP contribution in [0.1, 0.15) is 25.7 Å². The Hall–Kier alpha value is -1.28. The van der Waals surface area contributed by atoms with Gasteiger partial charge < -0.3 is 10.4 Å². The summed E-state index contributed by atoms with van der Waals surface area (Å²) in [5.74, 6) is 0. The average molecular weight is 325 g/mol. The van der Waals surface area contributed by atoms with E-state index >= 15 is 0 Å². The minimum atomic E-state index is -5.35. The van der Waals surface area contributed by atoms with E-state index < -0.39 is 20.2 Å². The first kappa shape index (κ1) is 17.8. The molecule has 8 heteroatoms. The van der Waals surface area contributed by atoms with Gasteiger partial charge in [0, 0.05) is 13.2 Å². The number of aliphatic hydroxyl groups excluding tert-OH is 1. The van der Waals surface area contributed by atoms with Crippen molar-refractivity contribution < 1.29 is 26.7 Å². The lowest BCUT2D eigenvalue weighted by Gasteiger charge is -2.14. The van der Waals surface area contributed by atoms with Gasteiger partial charge in [-0.3, -0.25) is 0 Å². The van der Waals surface area contributed by atoms with Crippen molar-refractivity contribution in [2.24, 2.45) is 0 Å². The molecule has 0 amide bonds. The summed E-state index contributed by atoms with van der Waals surface area (Å²) in [6.07, 6.45) is 2.99. The van der Waals surface area contributed by atoms with E-state index in [9.17, 15) is 21.6 Å². The molecule has 0 aliphatic rings. The number of alkyl halides is 3. The number of anilines is 1. The fraction of sp³-hybridized carbons (Fsp3) is 0.538. The van der Waals surface area contributed by atoms with Gasteiger partial charge in [0.2, 0.25) is 0 Å². The lowest BCUT2D eigenvalue weighted by Crippen LogP contribution is -2.24. The van der Waals surface area contributed by atoms with E-state index in [2.05, 4.69) is 5.32 Å². The number of hydrogen-bond acceptors (Lipinski definition) is 4. The van der Waals surface area contributed by atoms with Crippen LogP contribution in [0, 0.1) is 0 Å². The van der Waals surface area contributed by atoms with Crippen molar-refractivity contribution >= 4 is 15.5 Å². The van der Waals surface area contributed by atoms with Gasteiger partial charge in [0.25, 0.3) is 9.84 Å². The van der Waals surface area contributed by atoms with E-state index in [4.69, 9.17) is 5.11 Å². The Morgan fingerprint density at radius 2 is 1.67 bits per heavy atom. The molecule has 0 heterocycles. The summed E-state index contributed by atoms with van der Waals surface area (Å²) in [6, 6.07) is 4.98. The van der Waals surface area contributed by atoms with Crippen molar-refractivity contribution in [3.63, 3.8) is 0 Å². The molecule has 0 saturated carbocycles. The predicted octanol–water partition coefficient (Wildman–Crippen LogP) is 2.94. The Morgan fingerprint density at radius 3 is 2.29 bits per heavy atom. The molecule has 0 fully saturated rings. The fourth-order valence-corrected chi connectivity index (χ4v) is 2.72. The van der Waals surface area contributed by atoms with Crippen LogP contribution in [0.3, 0.4) is 0 Å². The largest absolute Gasteiger partial charge is 0.501 e. The molecular formula is C13H18F3NO3S. The SMILES string of the molecule is O=S(=O)(c1ccccc1NCCCCCCO)C(F)(F)F. The first-order valence-corrected chi connectivity index (χ1v) is 8.04. The van der Waals surface area contributed by atoms with Crippen LogP contribution in [0.4, 0.5) is 18.9 Å². The lowest BCUT2D eigenvalue weighted by atomic mass is 10.2. The summed E-state index contributed by atoms with van der Waals surface area (Å²) in [5.41, 5.74) is -5.36. The van der Waals surface area contributed by atoms with Gasteiger partial charge in [-0.15, -0.1) is 0 Å². The Labute approximate surface area is 121 Å². The number of para-hydroxylation sites is 1. The van der Waals surface area contributed by atoms with Crippen LogP contribution < -0.4 is 5.32 Å². The van der Waals surface area contributed by atoms with Gasteiger partial charge in [-0.25, -0.2) is 8.42 Å². The van der Waals surface area contributed by atoms with Gasteiger partial charge in [-0.1, -0.05) is 25.0 Å². The zero-order chi connectivity index (χ0) is 15.9. The minimum absolute atomic E-state index is 0.0445. The van der Waals surface area contributed by atoms with Crippen LogP contribution in [-0.2, 0) is 9.84 Å². The van der Waals surface area contributed by atoms with Crippen LogP contribution >= 0.6 is 0 Å². The van der Waals surface area contributed by atoms with Gasteiger partial charge in [-0.05, 0) is 25.0 Å². The molecular weight excluding hydrogens is 307 g/mol. The Kier molecular flexibility index (Phi) is 6.47. The summed E-state index contributed by atoms with van der Waals surface area (Å²) in [7, 11) is -5.35. The number of unbranched alkanes of at least 4 members (excludes halogenated alkanes) is 3. The van der Waals surface area contributed by atoms with Crippen molar-refractivity contribution in [3.8, 4) is 0 Å². The van der Waals surface area contributed by atoms with Crippen molar-refractivity contribution in [1.29, 1.82) is 0 Å². The molecule has 0 aliphatic carbocycles. The van der Waals surface area contributed by atoms with Crippen molar-refractivity contribution in [1.82, 2.24) is 0 Å². The molecule has 0 aliphatic heterocycles. The van der Waals surface area contributed by atoms with E-state index in [-0.39, 0.29) is 12.3 Å². The highest BCUT2D eigenvalue weighted by Gasteiger charge is 2.47. The maximum Gasteiger partial charge on any atom is 0.501 e. The molecule has 120 valence electrons. The van der Waals surface area contributed by atoms with Gasteiger partial charge in [0.15, 0.2) is 0 Å². The number of nitrogens with one attached hydrogen (secondary N) is 1. The Bertz CT molecular complexity index is 544. The van der Waals surface area contributed by atoms with Crippen LogP contribution in [0.2, 0.25) is 0 Å². The molecule has 0 atom stereocenters. The van der Waals surface area contributed by atoms with Crippen LogP contribution in [0.25, 0.3) is 0 Å². The average Bonchev–Trinajstić information content (AvgIpc) is 2.42. The fourth-order valence-electron chi connectivity index (χ4n) is 1.79. The third kappa shape index (κ3) is 4.89. The molecule has 0 radical (unpaired) electrons.